The zero-order valence-electron chi connectivity index (χ0n) is 19.0. The van der Waals surface area contributed by atoms with E-state index in [1.807, 2.05) is 68.9 Å². The van der Waals surface area contributed by atoms with Gasteiger partial charge in [0.2, 0.25) is 0 Å². The van der Waals surface area contributed by atoms with Crippen molar-refractivity contribution in [1.29, 1.82) is 0 Å². The zero-order chi connectivity index (χ0) is 23.0. The molecule has 1 aliphatic heterocycles. The van der Waals surface area contributed by atoms with E-state index in [0.29, 0.717) is 23.5 Å². The number of nitrogens with one attached hydrogen (secondary N) is 1. The first-order chi connectivity index (χ1) is 15.2. The molecule has 2 atom stereocenters. The molecule has 4 rings (SSSR count). The van der Waals surface area contributed by atoms with Crippen molar-refractivity contribution in [3.8, 4) is 0 Å². The lowest BCUT2D eigenvalue weighted by Crippen LogP contribution is -2.41. The van der Waals surface area contributed by atoms with Crippen LogP contribution < -0.4 is 5.32 Å². The number of ether oxygens (including phenoxy) is 1. The molecule has 7 heteroatoms. The summed E-state index contributed by atoms with van der Waals surface area (Å²) in [6, 6.07) is 9.74. The monoisotopic (exact) mass is 432 g/mol. The molecule has 0 bridgehead atoms. The van der Waals surface area contributed by atoms with Crippen molar-refractivity contribution in [1.82, 2.24) is 14.9 Å². The van der Waals surface area contributed by atoms with Gasteiger partial charge in [-0.3, -0.25) is 9.78 Å². The number of rotatable bonds is 6. The molecule has 3 heterocycles. The van der Waals surface area contributed by atoms with E-state index in [4.69, 9.17) is 4.74 Å². The van der Waals surface area contributed by atoms with E-state index in [0.717, 1.165) is 16.3 Å². The first kappa shape index (κ1) is 21.7. The Kier molecular flexibility index (Phi) is 5.59. The molecule has 0 saturated carbocycles. The van der Waals surface area contributed by atoms with Gasteiger partial charge < -0.3 is 14.6 Å². The number of pyridine rings is 1. The number of nitrogens with zero attached hydrogens (tertiary/aromatic N) is 3. The molecule has 1 aliphatic rings. The Bertz CT molecular complexity index is 1190. The minimum Gasteiger partial charge on any atom is -0.438 e. The van der Waals surface area contributed by atoms with Gasteiger partial charge in [0.1, 0.15) is 11.2 Å². The van der Waals surface area contributed by atoms with Gasteiger partial charge in [0.15, 0.2) is 12.1 Å². The number of aryl methyl sites for hydroxylation is 1. The van der Waals surface area contributed by atoms with Gasteiger partial charge in [-0.25, -0.2) is 9.79 Å². The molecular weight excluding hydrogens is 404 g/mol. The standard InChI is InChI=1S/C25H28N4O3/c1-6-17-11-20(21(26-12-17)22-27-24(31)25(5,28-22)15(2)3)23(30)32-16(4)29-13-18-9-7-8-10-19(18)14-29/h7-16H,6H2,1-5H3,(H,27,28,31). The molecule has 0 saturated heterocycles. The second-order valence-electron chi connectivity index (χ2n) is 8.65. The number of hydrogen-bond donors (Lipinski definition) is 1. The number of carbonyl (C=O) groups excluding carboxylic acids is 2. The van der Waals surface area contributed by atoms with E-state index in [2.05, 4.69) is 15.3 Å². The molecule has 32 heavy (non-hydrogen) atoms. The molecule has 0 radical (unpaired) electrons. The van der Waals surface area contributed by atoms with Crippen LogP contribution in [0.4, 0.5) is 0 Å². The van der Waals surface area contributed by atoms with Gasteiger partial charge in [0, 0.05) is 18.6 Å². The van der Waals surface area contributed by atoms with Gasteiger partial charge in [-0.15, -0.1) is 0 Å². The fourth-order valence-corrected chi connectivity index (χ4v) is 3.69. The highest BCUT2D eigenvalue weighted by atomic mass is 16.6. The highest BCUT2D eigenvalue weighted by Gasteiger charge is 2.43. The van der Waals surface area contributed by atoms with Crippen LogP contribution >= 0.6 is 0 Å². The fourth-order valence-electron chi connectivity index (χ4n) is 3.69. The zero-order valence-corrected chi connectivity index (χ0v) is 19.0. The highest BCUT2D eigenvalue weighted by Crippen LogP contribution is 2.28. The van der Waals surface area contributed by atoms with Gasteiger partial charge >= 0.3 is 5.97 Å². The second kappa shape index (κ2) is 8.22. The Labute approximate surface area is 187 Å². The Balaban J connectivity index is 1.66. The molecule has 3 aromatic rings. The fraction of sp³-hybridized carbons (Fsp3) is 0.360. The highest BCUT2D eigenvalue weighted by molar-refractivity contribution is 6.17. The molecule has 0 aliphatic carbocycles. The van der Waals surface area contributed by atoms with Gasteiger partial charge in [-0.2, -0.15) is 0 Å². The van der Waals surface area contributed by atoms with Crippen LogP contribution in [0.15, 0.2) is 53.9 Å². The lowest BCUT2D eigenvalue weighted by Gasteiger charge is -2.21. The normalized spacial score (nSPS) is 19.2. The number of carbonyl (C=O) groups is 2. The van der Waals surface area contributed by atoms with Crippen molar-refractivity contribution in [3.05, 3.63) is 65.7 Å². The number of aromatic nitrogens is 2. The van der Waals surface area contributed by atoms with Crippen molar-refractivity contribution >= 4 is 28.5 Å². The van der Waals surface area contributed by atoms with Crippen molar-refractivity contribution in [2.24, 2.45) is 10.9 Å². The van der Waals surface area contributed by atoms with Crippen LogP contribution in [0.5, 0.6) is 0 Å². The smallest absolute Gasteiger partial charge is 0.342 e. The van der Waals surface area contributed by atoms with E-state index >= 15 is 0 Å². The summed E-state index contributed by atoms with van der Waals surface area (Å²) < 4.78 is 7.66. The molecule has 2 aromatic heterocycles. The maximum absolute atomic E-state index is 13.2. The van der Waals surface area contributed by atoms with Crippen molar-refractivity contribution in [2.45, 2.75) is 52.8 Å². The first-order valence-corrected chi connectivity index (χ1v) is 10.9. The predicted molar refractivity (Wildman–Crippen MR) is 124 cm³/mol. The number of benzene rings is 1. The molecular formula is C25H28N4O3. The topological polar surface area (TPSA) is 85.6 Å². The summed E-state index contributed by atoms with van der Waals surface area (Å²) in [5.74, 6) is -0.410. The maximum Gasteiger partial charge on any atom is 0.342 e. The molecule has 2 unspecified atom stereocenters. The summed E-state index contributed by atoms with van der Waals surface area (Å²) in [5, 5.41) is 4.96. The third-order valence-electron chi connectivity index (χ3n) is 6.23. The van der Waals surface area contributed by atoms with Crippen molar-refractivity contribution < 1.29 is 14.3 Å². The molecule has 1 aromatic carbocycles. The van der Waals surface area contributed by atoms with E-state index in [9.17, 15) is 9.59 Å². The van der Waals surface area contributed by atoms with Crippen molar-refractivity contribution in [2.75, 3.05) is 0 Å². The van der Waals surface area contributed by atoms with Gasteiger partial charge in [0.05, 0.1) is 5.56 Å². The Morgan fingerprint density at radius 2 is 1.84 bits per heavy atom. The van der Waals surface area contributed by atoms with E-state index in [-0.39, 0.29) is 11.8 Å². The van der Waals surface area contributed by atoms with Gasteiger partial charge in [0.25, 0.3) is 5.91 Å². The Morgan fingerprint density at radius 3 is 2.41 bits per heavy atom. The molecule has 166 valence electrons. The summed E-state index contributed by atoms with van der Waals surface area (Å²) in [7, 11) is 0. The maximum atomic E-state index is 13.2. The minimum atomic E-state index is -0.903. The Hall–Kier alpha value is -3.48. The third-order valence-corrected chi connectivity index (χ3v) is 6.23. The molecule has 7 nitrogen and oxygen atoms in total. The van der Waals surface area contributed by atoms with Crippen LogP contribution in [0, 0.1) is 5.92 Å². The van der Waals surface area contributed by atoms with E-state index in [1.165, 1.54) is 0 Å². The third kappa shape index (κ3) is 3.79. The van der Waals surface area contributed by atoms with Crippen LogP contribution in [0.3, 0.4) is 0 Å². The number of hydrogen-bond acceptors (Lipinski definition) is 5. The molecule has 1 N–H and O–H groups in total. The Morgan fingerprint density at radius 1 is 1.19 bits per heavy atom. The summed E-state index contributed by atoms with van der Waals surface area (Å²) in [6.07, 6.45) is 5.80. The number of amides is 1. The largest absolute Gasteiger partial charge is 0.438 e. The van der Waals surface area contributed by atoms with Crippen LogP contribution in [0.25, 0.3) is 10.8 Å². The number of fused-ring (bicyclic) bond motifs is 1. The molecule has 1 amide bonds. The summed E-state index contributed by atoms with van der Waals surface area (Å²) in [6.45, 7) is 9.48. The molecule has 0 fully saturated rings. The minimum absolute atomic E-state index is 0.00629. The van der Waals surface area contributed by atoms with Gasteiger partial charge in [-0.05, 0) is 48.6 Å². The van der Waals surface area contributed by atoms with Crippen LogP contribution in [-0.2, 0) is 16.0 Å². The number of esters is 1. The summed E-state index contributed by atoms with van der Waals surface area (Å²) in [5.41, 5.74) is 0.617. The van der Waals surface area contributed by atoms with Crippen molar-refractivity contribution in [3.63, 3.8) is 0 Å². The quantitative estimate of drug-likeness (QED) is 0.590. The van der Waals surface area contributed by atoms with Crippen LogP contribution in [0.2, 0.25) is 0 Å². The number of aliphatic imine (C=N–C) groups is 1. The van der Waals surface area contributed by atoms with Crippen LogP contribution in [-0.4, -0.2) is 32.8 Å². The summed E-state index contributed by atoms with van der Waals surface area (Å²) >= 11 is 0. The lowest BCUT2D eigenvalue weighted by molar-refractivity contribution is -0.124. The summed E-state index contributed by atoms with van der Waals surface area (Å²) in [4.78, 5) is 34.9. The van der Waals surface area contributed by atoms with E-state index < -0.39 is 17.7 Å². The molecule has 0 spiro atoms. The van der Waals surface area contributed by atoms with E-state index in [1.54, 1.807) is 19.2 Å². The lowest BCUT2D eigenvalue weighted by atomic mass is 9.89. The van der Waals surface area contributed by atoms with Gasteiger partial charge in [-0.1, -0.05) is 45.0 Å². The number of amidine groups is 1. The average Bonchev–Trinajstić information content (AvgIpc) is 3.35. The van der Waals surface area contributed by atoms with Crippen LogP contribution in [0.1, 0.15) is 62.5 Å². The SMILES string of the molecule is CCc1cnc(C2=NC(C)(C(C)C)C(=O)N2)c(C(=O)OC(C)n2cc3ccccc3c2)c1. The average molecular weight is 433 g/mol. The predicted octanol–water partition coefficient (Wildman–Crippen LogP) is 4.27. The second-order valence-corrected chi connectivity index (χ2v) is 8.65. The first-order valence-electron chi connectivity index (χ1n) is 10.9.